The molecule has 0 bridgehead atoms. The smallest absolute Gasteiger partial charge is 0.278 e. The van der Waals surface area contributed by atoms with Crippen LogP contribution in [-0.2, 0) is 0 Å². The summed E-state index contributed by atoms with van der Waals surface area (Å²) >= 11 is 1.25. The fraction of sp³-hybridized carbons (Fsp3) is 0.300. The number of aliphatic hydroxyl groups excluding tert-OH is 1. The van der Waals surface area contributed by atoms with Gasteiger partial charge < -0.3 is 10.1 Å². The first-order valence-corrected chi connectivity index (χ1v) is 6.18. The van der Waals surface area contributed by atoms with Gasteiger partial charge in [0.15, 0.2) is 11.2 Å². The van der Waals surface area contributed by atoms with Crippen molar-refractivity contribution < 1.29 is 9.50 Å². The third kappa shape index (κ3) is 1.65. The molecule has 2 atom stereocenters. The van der Waals surface area contributed by atoms with Gasteiger partial charge in [0.25, 0.3) is 5.56 Å². The van der Waals surface area contributed by atoms with Gasteiger partial charge in [-0.1, -0.05) is 0 Å². The van der Waals surface area contributed by atoms with E-state index in [4.69, 9.17) is 5.11 Å². The van der Waals surface area contributed by atoms with Gasteiger partial charge in [-0.15, -0.1) is 11.8 Å². The Morgan fingerprint density at radius 1 is 1.56 bits per heavy atom. The topological polar surface area (TPSA) is 83.8 Å². The highest BCUT2D eigenvalue weighted by atomic mass is 32.2. The molecular weight excluding hydrogens is 259 g/mol. The maximum absolute atomic E-state index is 13.8. The summed E-state index contributed by atoms with van der Waals surface area (Å²) in [6, 6.07) is 0. The first-order chi connectivity index (χ1) is 8.70. The first-order valence-electron chi connectivity index (χ1n) is 5.24. The van der Waals surface area contributed by atoms with Crippen LogP contribution in [0.5, 0.6) is 0 Å². The normalized spacial score (nSPS) is 23.6. The molecule has 2 aromatic rings. The number of imidazole rings is 1. The molecule has 0 spiro atoms. The van der Waals surface area contributed by atoms with Crippen LogP contribution in [0.25, 0.3) is 11.2 Å². The van der Waals surface area contributed by atoms with Crippen LogP contribution in [-0.4, -0.2) is 36.5 Å². The van der Waals surface area contributed by atoms with Crippen molar-refractivity contribution in [3.05, 3.63) is 34.9 Å². The summed E-state index contributed by atoms with van der Waals surface area (Å²) < 4.78 is 15.3. The van der Waals surface area contributed by atoms with E-state index in [0.29, 0.717) is 5.65 Å². The van der Waals surface area contributed by atoms with Gasteiger partial charge in [-0.3, -0.25) is 9.36 Å². The minimum Gasteiger partial charge on any atom is -0.395 e. The van der Waals surface area contributed by atoms with E-state index in [-0.39, 0.29) is 28.8 Å². The number of hydrogen-bond acceptors (Lipinski definition) is 5. The molecule has 0 saturated carbocycles. The van der Waals surface area contributed by atoms with Crippen LogP contribution < -0.4 is 5.56 Å². The highest BCUT2D eigenvalue weighted by Gasteiger charge is 2.30. The van der Waals surface area contributed by atoms with Crippen molar-refractivity contribution in [1.82, 2.24) is 19.5 Å². The van der Waals surface area contributed by atoms with Gasteiger partial charge in [0, 0.05) is 0 Å². The molecule has 0 saturated heterocycles. The van der Waals surface area contributed by atoms with Crippen LogP contribution in [0.2, 0.25) is 0 Å². The highest BCUT2D eigenvalue weighted by Crippen LogP contribution is 2.42. The Morgan fingerprint density at radius 3 is 3.11 bits per heavy atom. The van der Waals surface area contributed by atoms with Crippen LogP contribution in [0.15, 0.2) is 29.4 Å². The molecule has 94 valence electrons. The van der Waals surface area contributed by atoms with Crippen LogP contribution in [0.4, 0.5) is 4.39 Å². The summed E-state index contributed by atoms with van der Waals surface area (Å²) in [5.74, 6) is -0.361. The molecule has 18 heavy (non-hydrogen) atoms. The van der Waals surface area contributed by atoms with Gasteiger partial charge in [-0.2, -0.15) is 0 Å². The van der Waals surface area contributed by atoms with Crippen molar-refractivity contribution in [2.45, 2.75) is 10.6 Å². The standard InChI is InChI=1S/C10H9FN4O2S/c11-6-1-5(2-16)18-10(6)15-4-14-7-8(15)12-3-13-9(7)17/h1,3-5,10,16H,2H2,(H,12,13,17)/t5-,10?/m1/s1. The number of nitrogens with zero attached hydrogens (tertiary/aromatic N) is 3. The Labute approximate surface area is 105 Å². The van der Waals surface area contributed by atoms with E-state index in [9.17, 15) is 9.18 Å². The second-order valence-corrected chi connectivity index (χ2v) is 5.14. The number of H-pyrrole nitrogens is 1. The molecule has 2 aromatic heterocycles. The summed E-state index contributed by atoms with van der Waals surface area (Å²) in [6.07, 6.45) is 4.01. The van der Waals surface area contributed by atoms with Crippen LogP contribution >= 0.6 is 11.8 Å². The van der Waals surface area contributed by atoms with E-state index < -0.39 is 5.37 Å². The van der Waals surface area contributed by atoms with Crippen molar-refractivity contribution in [2.24, 2.45) is 0 Å². The van der Waals surface area contributed by atoms with Gasteiger partial charge >= 0.3 is 0 Å². The summed E-state index contributed by atoms with van der Waals surface area (Å²) in [4.78, 5) is 21.8. The summed E-state index contributed by atoms with van der Waals surface area (Å²) in [5.41, 5.74) is 0.154. The number of rotatable bonds is 2. The fourth-order valence-corrected chi connectivity index (χ4v) is 2.98. The zero-order valence-electron chi connectivity index (χ0n) is 9.08. The molecule has 0 fully saturated rings. The van der Waals surface area contributed by atoms with Crippen LogP contribution in [0, 0.1) is 0 Å². The second kappa shape index (κ2) is 4.21. The van der Waals surface area contributed by atoms with Gasteiger partial charge in [-0.25, -0.2) is 14.4 Å². The van der Waals surface area contributed by atoms with Crippen molar-refractivity contribution in [1.29, 1.82) is 0 Å². The molecule has 6 nitrogen and oxygen atoms in total. The Balaban J connectivity index is 2.09. The van der Waals surface area contributed by atoms with E-state index in [2.05, 4.69) is 15.0 Å². The third-order valence-electron chi connectivity index (χ3n) is 2.68. The van der Waals surface area contributed by atoms with Gasteiger partial charge in [0.2, 0.25) is 0 Å². The first kappa shape index (κ1) is 11.4. The molecule has 3 heterocycles. The van der Waals surface area contributed by atoms with E-state index in [1.807, 2.05) is 0 Å². The minimum atomic E-state index is -0.624. The molecule has 1 aliphatic heterocycles. The van der Waals surface area contributed by atoms with E-state index >= 15 is 0 Å². The fourth-order valence-electron chi connectivity index (χ4n) is 1.86. The average Bonchev–Trinajstić information content (AvgIpc) is 2.93. The lowest BCUT2D eigenvalue weighted by molar-refractivity contribution is 0.307. The molecule has 1 aliphatic rings. The maximum atomic E-state index is 13.8. The lowest BCUT2D eigenvalue weighted by atomic mass is 10.3. The average molecular weight is 268 g/mol. The predicted molar refractivity (Wildman–Crippen MR) is 64.8 cm³/mol. The molecule has 3 rings (SSSR count). The quantitative estimate of drug-likeness (QED) is 0.832. The highest BCUT2D eigenvalue weighted by molar-refractivity contribution is 8.00. The van der Waals surface area contributed by atoms with Crippen LogP contribution in [0.1, 0.15) is 5.37 Å². The van der Waals surface area contributed by atoms with Gasteiger partial charge in [0.1, 0.15) is 11.2 Å². The zero-order valence-corrected chi connectivity index (χ0v) is 9.89. The Kier molecular flexibility index (Phi) is 2.67. The van der Waals surface area contributed by atoms with E-state index in [1.54, 1.807) is 0 Å². The molecule has 8 heteroatoms. The summed E-state index contributed by atoms with van der Waals surface area (Å²) in [5, 5.41) is 8.12. The number of fused-ring (bicyclic) bond motifs is 1. The minimum absolute atomic E-state index is 0.130. The predicted octanol–water partition coefficient (Wildman–Crippen LogP) is 0.579. The molecule has 2 N–H and O–H groups in total. The number of nitrogens with one attached hydrogen (secondary N) is 1. The number of aromatic nitrogens is 4. The van der Waals surface area contributed by atoms with E-state index in [0.717, 1.165) is 0 Å². The van der Waals surface area contributed by atoms with Gasteiger partial charge in [0.05, 0.1) is 24.5 Å². The van der Waals surface area contributed by atoms with Gasteiger partial charge in [-0.05, 0) is 6.08 Å². The van der Waals surface area contributed by atoms with Crippen LogP contribution in [0.3, 0.4) is 0 Å². The second-order valence-electron chi connectivity index (χ2n) is 3.82. The number of aliphatic hydroxyl groups is 1. The molecule has 0 amide bonds. The Hall–Kier alpha value is -1.67. The summed E-state index contributed by atoms with van der Waals surface area (Å²) in [6.45, 7) is -0.130. The summed E-state index contributed by atoms with van der Waals surface area (Å²) in [7, 11) is 0. The molecule has 0 aromatic carbocycles. The monoisotopic (exact) mass is 268 g/mol. The lowest BCUT2D eigenvalue weighted by Gasteiger charge is -2.12. The zero-order chi connectivity index (χ0) is 12.7. The van der Waals surface area contributed by atoms with Crippen molar-refractivity contribution in [3.8, 4) is 0 Å². The SMILES string of the molecule is O=c1[nH]cnc2c1ncn2C1S[C@@H](CO)C=C1F. The molecule has 0 aliphatic carbocycles. The molecule has 0 radical (unpaired) electrons. The Morgan fingerprint density at radius 2 is 2.39 bits per heavy atom. The number of thioether (sulfide) groups is 1. The molecule has 1 unspecified atom stereocenters. The maximum Gasteiger partial charge on any atom is 0.278 e. The number of halogens is 1. The number of aromatic amines is 1. The Bertz CT molecular complexity index is 680. The third-order valence-corrected chi connectivity index (χ3v) is 4.03. The molecular formula is C10H9FN4O2S. The number of hydrogen-bond donors (Lipinski definition) is 2. The van der Waals surface area contributed by atoms with Crippen molar-refractivity contribution in [2.75, 3.05) is 6.61 Å². The van der Waals surface area contributed by atoms with Crippen molar-refractivity contribution >= 4 is 22.9 Å². The largest absolute Gasteiger partial charge is 0.395 e. The van der Waals surface area contributed by atoms with E-state index in [1.165, 1.54) is 35.1 Å². The van der Waals surface area contributed by atoms with Crippen molar-refractivity contribution in [3.63, 3.8) is 0 Å². The lowest BCUT2D eigenvalue weighted by Crippen LogP contribution is -2.09.